The summed E-state index contributed by atoms with van der Waals surface area (Å²) in [5.41, 5.74) is 6.52. The van der Waals surface area contributed by atoms with E-state index in [0.29, 0.717) is 5.56 Å². The zero-order chi connectivity index (χ0) is 18.8. The molecule has 3 nitrogen and oxygen atoms in total. The number of fused-ring (bicyclic) bond motifs is 2. The van der Waals surface area contributed by atoms with Crippen LogP contribution in [0.1, 0.15) is 38.3 Å². The van der Waals surface area contributed by atoms with E-state index in [1.54, 1.807) is 24.4 Å². The van der Waals surface area contributed by atoms with Crippen molar-refractivity contribution in [1.82, 2.24) is 4.98 Å². The van der Waals surface area contributed by atoms with E-state index in [9.17, 15) is 9.18 Å². The standard InChI is InChI=1S/C23H18FNO2/c1-27-23(26)16-6-4-15(5-7-16)13-21-19-10-9-18(24)14-17(19)8-11-22-20(21)3-2-12-25-22/h2-7,9-10,12-14H,8,11H2,1H3/b21-13-. The summed E-state index contributed by atoms with van der Waals surface area (Å²) in [5.74, 6) is -0.589. The van der Waals surface area contributed by atoms with Crippen LogP contribution in [0, 0.1) is 5.82 Å². The van der Waals surface area contributed by atoms with Gasteiger partial charge < -0.3 is 4.74 Å². The molecule has 0 radical (unpaired) electrons. The maximum atomic E-state index is 13.8. The minimum Gasteiger partial charge on any atom is -0.465 e. The van der Waals surface area contributed by atoms with Gasteiger partial charge in [-0.05, 0) is 71.5 Å². The molecule has 1 aromatic heterocycles. The van der Waals surface area contributed by atoms with Crippen LogP contribution in [0.4, 0.5) is 4.39 Å². The fraction of sp³-hybridized carbons (Fsp3) is 0.130. The number of pyridine rings is 1. The summed E-state index contributed by atoms with van der Waals surface area (Å²) in [6.45, 7) is 0. The number of halogens is 1. The van der Waals surface area contributed by atoms with Gasteiger partial charge in [0, 0.05) is 17.5 Å². The van der Waals surface area contributed by atoms with Crippen LogP contribution >= 0.6 is 0 Å². The molecule has 1 heterocycles. The second-order valence-electron chi connectivity index (χ2n) is 6.47. The van der Waals surface area contributed by atoms with Crippen LogP contribution in [0.15, 0.2) is 60.8 Å². The summed E-state index contributed by atoms with van der Waals surface area (Å²) >= 11 is 0. The third-order valence-electron chi connectivity index (χ3n) is 4.81. The second kappa shape index (κ2) is 7.16. The number of benzene rings is 2. The van der Waals surface area contributed by atoms with Crippen LogP contribution in [0.25, 0.3) is 11.6 Å². The van der Waals surface area contributed by atoms with Gasteiger partial charge in [-0.2, -0.15) is 0 Å². The van der Waals surface area contributed by atoms with Crippen molar-refractivity contribution < 1.29 is 13.9 Å². The molecule has 1 aliphatic carbocycles. The van der Waals surface area contributed by atoms with Crippen LogP contribution in [0.5, 0.6) is 0 Å². The van der Waals surface area contributed by atoms with E-state index in [0.717, 1.165) is 46.4 Å². The number of aromatic nitrogens is 1. The van der Waals surface area contributed by atoms with Gasteiger partial charge in [-0.25, -0.2) is 9.18 Å². The number of hydrogen-bond donors (Lipinski definition) is 0. The van der Waals surface area contributed by atoms with E-state index in [2.05, 4.69) is 17.1 Å². The Hall–Kier alpha value is -3.27. The zero-order valence-corrected chi connectivity index (χ0v) is 14.9. The Labute approximate surface area is 157 Å². The normalized spacial score (nSPS) is 14.2. The van der Waals surface area contributed by atoms with E-state index in [-0.39, 0.29) is 11.8 Å². The van der Waals surface area contributed by atoms with E-state index >= 15 is 0 Å². The van der Waals surface area contributed by atoms with Crippen molar-refractivity contribution in [3.63, 3.8) is 0 Å². The number of carbonyl (C=O) groups excluding carboxylic acids is 1. The summed E-state index contributed by atoms with van der Waals surface area (Å²) < 4.78 is 18.5. The molecule has 0 unspecified atom stereocenters. The highest BCUT2D eigenvalue weighted by molar-refractivity contribution is 5.94. The van der Waals surface area contributed by atoms with Crippen LogP contribution in [0.3, 0.4) is 0 Å². The van der Waals surface area contributed by atoms with Gasteiger partial charge in [0.05, 0.1) is 12.7 Å². The topological polar surface area (TPSA) is 39.2 Å². The Morgan fingerprint density at radius 2 is 1.89 bits per heavy atom. The van der Waals surface area contributed by atoms with E-state index in [1.165, 1.54) is 13.2 Å². The highest BCUT2D eigenvalue weighted by Gasteiger charge is 2.19. The fourth-order valence-electron chi connectivity index (χ4n) is 3.47. The highest BCUT2D eigenvalue weighted by Crippen LogP contribution is 2.34. The predicted molar refractivity (Wildman–Crippen MR) is 103 cm³/mol. The Kier molecular flexibility index (Phi) is 4.55. The average Bonchev–Trinajstić information content (AvgIpc) is 2.85. The van der Waals surface area contributed by atoms with Crippen molar-refractivity contribution in [3.8, 4) is 0 Å². The van der Waals surface area contributed by atoms with Gasteiger partial charge in [-0.15, -0.1) is 0 Å². The van der Waals surface area contributed by atoms with E-state index in [1.807, 2.05) is 24.3 Å². The quantitative estimate of drug-likeness (QED) is 0.623. The molecule has 4 rings (SSSR count). The van der Waals surface area contributed by atoms with Crippen LogP contribution in [-0.4, -0.2) is 18.1 Å². The molecule has 0 atom stereocenters. The third-order valence-corrected chi connectivity index (χ3v) is 4.81. The van der Waals surface area contributed by atoms with Crippen molar-refractivity contribution in [2.45, 2.75) is 12.8 Å². The van der Waals surface area contributed by atoms with Gasteiger partial charge in [-0.3, -0.25) is 4.98 Å². The lowest BCUT2D eigenvalue weighted by Crippen LogP contribution is -2.00. The minimum atomic E-state index is -0.362. The smallest absolute Gasteiger partial charge is 0.337 e. The Bertz CT molecular complexity index is 1040. The number of hydrogen-bond acceptors (Lipinski definition) is 3. The first-order valence-corrected chi connectivity index (χ1v) is 8.79. The third kappa shape index (κ3) is 3.38. The zero-order valence-electron chi connectivity index (χ0n) is 14.9. The molecule has 0 spiro atoms. The van der Waals surface area contributed by atoms with Gasteiger partial charge in [0.25, 0.3) is 0 Å². The molecular formula is C23H18FNO2. The first kappa shape index (κ1) is 17.2. The average molecular weight is 359 g/mol. The summed E-state index contributed by atoms with van der Waals surface area (Å²) in [4.78, 5) is 16.2. The molecule has 0 fully saturated rings. The number of methoxy groups -OCH3 is 1. The molecule has 0 N–H and O–H groups in total. The molecular weight excluding hydrogens is 341 g/mol. The molecule has 0 saturated carbocycles. The minimum absolute atomic E-state index is 0.227. The van der Waals surface area contributed by atoms with E-state index in [4.69, 9.17) is 4.74 Å². The van der Waals surface area contributed by atoms with Crippen LogP contribution in [0.2, 0.25) is 0 Å². The Balaban J connectivity index is 1.85. The lowest BCUT2D eigenvalue weighted by atomic mass is 9.93. The number of carbonyl (C=O) groups is 1. The Morgan fingerprint density at radius 1 is 1.07 bits per heavy atom. The molecule has 1 aliphatic rings. The van der Waals surface area contributed by atoms with Crippen LogP contribution < -0.4 is 0 Å². The summed E-state index contributed by atoms with van der Waals surface area (Å²) in [6, 6.07) is 16.1. The molecule has 134 valence electrons. The van der Waals surface area contributed by atoms with E-state index < -0.39 is 0 Å². The maximum absolute atomic E-state index is 13.8. The molecule has 27 heavy (non-hydrogen) atoms. The maximum Gasteiger partial charge on any atom is 0.337 e. The number of nitrogens with zero attached hydrogens (tertiary/aromatic N) is 1. The van der Waals surface area contributed by atoms with Crippen molar-refractivity contribution in [1.29, 1.82) is 0 Å². The monoisotopic (exact) mass is 359 g/mol. The molecule has 4 heteroatoms. The van der Waals surface area contributed by atoms with Gasteiger partial charge >= 0.3 is 5.97 Å². The first-order chi connectivity index (χ1) is 13.2. The number of rotatable bonds is 2. The van der Waals surface area contributed by atoms with Gasteiger partial charge in [0.1, 0.15) is 5.82 Å². The molecule has 0 aliphatic heterocycles. The largest absolute Gasteiger partial charge is 0.465 e. The predicted octanol–water partition coefficient (Wildman–Crippen LogP) is 4.69. The summed E-state index contributed by atoms with van der Waals surface area (Å²) in [5, 5.41) is 0. The first-order valence-electron chi connectivity index (χ1n) is 8.79. The molecule has 2 aromatic carbocycles. The lowest BCUT2D eigenvalue weighted by Gasteiger charge is -2.12. The van der Waals surface area contributed by atoms with Gasteiger partial charge in [-0.1, -0.05) is 24.3 Å². The molecule has 0 amide bonds. The number of aryl methyl sites for hydroxylation is 2. The van der Waals surface area contributed by atoms with Gasteiger partial charge in [0.2, 0.25) is 0 Å². The SMILES string of the molecule is COC(=O)c1ccc(/C=C2/c3ccc(F)cc3CCc3ncccc32)cc1. The summed E-state index contributed by atoms with van der Waals surface area (Å²) in [7, 11) is 1.36. The highest BCUT2D eigenvalue weighted by atomic mass is 19.1. The summed E-state index contributed by atoms with van der Waals surface area (Å²) in [6.07, 6.45) is 5.36. The number of ether oxygens (including phenoxy) is 1. The van der Waals surface area contributed by atoms with Crippen LogP contribution in [-0.2, 0) is 17.6 Å². The molecule has 0 bridgehead atoms. The van der Waals surface area contributed by atoms with Gasteiger partial charge in [0.15, 0.2) is 0 Å². The fourth-order valence-corrected chi connectivity index (χ4v) is 3.47. The molecule has 3 aromatic rings. The van der Waals surface area contributed by atoms with Crippen molar-refractivity contribution in [2.24, 2.45) is 0 Å². The lowest BCUT2D eigenvalue weighted by molar-refractivity contribution is 0.0600. The Morgan fingerprint density at radius 3 is 2.67 bits per heavy atom. The van der Waals surface area contributed by atoms with Crippen molar-refractivity contribution in [3.05, 3.63) is 100 Å². The second-order valence-corrected chi connectivity index (χ2v) is 6.47. The van der Waals surface area contributed by atoms with Crippen molar-refractivity contribution >= 4 is 17.6 Å². The number of esters is 1. The van der Waals surface area contributed by atoms with Crippen molar-refractivity contribution in [2.75, 3.05) is 7.11 Å². The molecule has 0 saturated heterocycles.